The molecular weight excluding hydrogens is 268 g/mol. The van der Waals surface area contributed by atoms with Crippen LogP contribution in [-0.4, -0.2) is 11.9 Å². The largest absolute Gasteiger partial charge is 0.366 e. The number of aryl methyl sites for hydroxylation is 1. The number of nitrogens with one attached hydrogen (secondary N) is 1. The van der Waals surface area contributed by atoms with E-state index in [1.807, 2.05) is 29.5 Å². The third-order valence-corrected chi connectivity index (χ3v) is 4.19. The third-order valence-electron chi connectivity index (χ3n) is 3.17. The summed E-state index contributed by atoms with van der Waals surface area (Å²) in [5, 5.41) is 3.48. The second-order valence-corrected chi connectivity index (χ2v) is 6.44. The van der Waals surface area contributed by atoms with Crippen molar-refractivity contribution in [3.8, 4) is 0 Å². The van der Waals surface area contributed by atoms with Gasteiger partial charge in [-0.1, -0.05) is 12.1 Å². The average Bonchev–Trinajstić information content (AvgIpc) is 2.82. The first-order chi connectivity index (χ1) is 9.54. The maximum Gasteiger partial charge on any atom is 0.248 e. The summed E-state index contributed by atoms with van der Waals surface area (Å²) in [6, 6.07) is 12.2. The summed E-state index contributed by atoms with van der Waals surface area (Å²) in [7, 11) is 0. The molecule has 4 heteroatoms. The number of primary amides is 1. The van der Waals surface area contributed by atoms with E-state index in [2.05, 4.69) is 31.3 Å². The van der Waals surface area contributed by atoms with E-state index in [4.69, 9.17) is 5.73 Å². The highest BCUT2D eigenvalue weighted by atomic mass is 32.1. The molecule has 1 atom stereocenters. The van der Waals surface area contributed by atoms with Gasteiger partial charge in [-0.3, -0.25) is 4.79 Å². The third kappa shape index (κ3) is 4.18. The van der Waals surface area contributed by atoms with Crippen LogP contribution in [0.1, 0.15) is 32.6 Å². The van der Waals surface area contributed by atoms with Crippen molar-refractivity contribution in [3.05, 3.63) is 57.3 Å². The molecule has 0 aliphatic heterocycles. The number of amides is 1. The number of carbonyl (C=O) groups is 1. The predicted molar refractivity (Wildman–Crippen MR) is 84.0 cm³/mol. The summed E-state index contributed by atoms with van der Waals surface area (Å²) >= 11 is 1.84. The molecule has 1 heterocycles. The SMILES string of the molecule is Cc1ccc(CC(C)NCc2cccc(C(N)=O)c2)s1. The molecule has 20 heavy (non-hydrogen) atoms. The molecule has 0 bridgehead atoms. The minimum Gasteiger partial charge on any atom is -0.366 e. The molecule has 0 aliphatic carbocycles. The van der Waals surface area contributed by atoms with Gasteiger partial charge < -0.3 is 11.1 Å². The molecule has 1 aromatic carbocycles. The molecule has 106 valence electrons. The Balaban J connectivity index is 1.88. The Morgan fingerprint density at radius 1 is 1.35 bits per heavy atom. The Bertz CT molecular complexity index is 592. The lowest BCUT2D eigenvalue weighted by atomic mass is 10.1. The molecule has 1 aromatic heterocycles. The van der Waals surface area contributed by atoms with Crippen LogP contribution in [0.5, 0.6) is 0 Å². The molecule has 0 saturated carbocycles. The van der Waals surface area contributed by atoms with Gasteiger partial charge in [0, 0.05) is 27.9 Å². The first-order valence-electron chi connectivity index (χ1n) is 6.72. The Labute approximate surface area is 123 Å². The number of thiophene rings is 1. The Morgan fingerprint density at radius 2 is 2.15 bits per heavy atom. The highest BCUT2D eigenvalue weighted by molar-refractivity contribution is 7.11. The van der Waals surface area contributed by atoms with Crippen LogP contribution in [0.2, 0.25) is 0 Å². The minimum absolute atomic E-state index is 0.381. The lowest BCUT2D eigenvalue weighted by Crippen LogP contribution is -2.27. The second-order valence-electron chi connectivity index (χ2n) is 5.06. The highest BCUT2D eigenvalue weighted by Crippen LogP contribution is 2.16. The minimum atomic E-state index is -0.381. The van der Waals surface area contributed by atoms with Crippen LogP contribution in [0.4, 0.5) is 0 Å². The van der Waals surface area contributed by atoms with Crippen molar-refractivity contribution in [2.45, 2.75) is 32.9 Å². The summed E-state index contributed by atoms with van der Waals surface area (Å²) in [6.07, 6.45) is 1.02. The molecular formula is C16H20N2OS. The fraction of sp³-hybridized carbons (Fsp3) is 0.312. The standard InChI is InChI=1S/C16H20N2OS/c1-11(8-15-7-6-12(2)20-15)18-10-13-4-3-5-14(9-13)16(17)19/h3-7,9,11,18H,8,10H2,1-2H3,(H2,17,19). The van der Waals surface area contributed by atoms with E-state index in [9.17, 15) is 4.79 Å². The summed E-state index contributed by atoms with van der Waals surface area (Å²) in [5.41, 5.74) is 6.93. The maximum atomic E-state index is 11.1. The van der Waals surface area contributed by atoms with Crippen molar-refractivity contribution >= 4 is 17.2 Å². The highest BCUT2D eigenvalue weighted by Gasteiger charge is 2.06. The van der Waals surface area contributed by atoms with E-state index in [1.165, 1.54) is 9.75 Å². The number of hydrogen-bond acceptors (Lipinski definition) is 3. The van der Waals surface area contributed by atoms with Crippen molar-refractivity contribution in [1.29, 1.82) is 0 Å². The van der Waals surface area contributed by atoms with Gasteiger partial charge in [-0.25, -0.2) is 0 Å². The molecule has 1 unspecified atom stereocenters. The molecule has 0 saturated heterocycles. The van der Waals surface area contributed by atoms with Gasteiger partial charge >= 0.3 is 0 Å². The summed E-state index contributed by atoms with van der Waals surface area (Å²) < 4.78 is 0. The van der Waals surface area contributed by atoms with Crippen molar-refractivity contribution in [2.75, 3.05) is 0 Å². The van der Waals surface area contributed by atoms with Crippen LogP contribution in [0.25, 0.3) is 0 Å². The molecule has 2 aromatic rings. The van der Waals surface area contributed by atoms with E-state index in [-0.39, 0.29) is 5.91 Å². The number of hydrogen-bond donors (Lipinski definition) is 2. The van der Waals surface area contributed by atoms with Crippen LogP contribution in [0.15, 0.2) is 36.4 Å². The molecule has 0 spiro atoms. The predicted octanol–water partition coefficient (Wildman–Crippen LogP) is 2.88. The molecule has 0 radical (unpaired) electrons. The molecule has 2 rings (SSSR count). The van der Waals surface area contributed by atoms with Gasteiger partial charge in [-0.2, -0.15) is 0 Å². The Kier molecular flexibility index (Phi) is 4.93. The number of benzene rings is 1. The van der Waals surface area contributed by atoms with Gasteiger partial charge in [-0.15, -0.1) is 11.3 Å². The quantitative estimate of drug-likeness (QED) is 0.858. The second kappa shape index (κ2) is 6.68. The van der Waals surface area contributed by atoms with Crippen LogP contribution >= 0.6 is 11.3 Å². The topological polar surface area (TPSA) is 55.1 Å². The molecule has 0 fully saturated rings. The fourth-order valence-corrected chi connectivity index (χ4v) is 3.11. The first-order valence-corrected chi connectivity index (χ1v) is 7.53. The molecule has 1 amide bonds. The fourth-order valence-electron chi connectivity index (χ4n) is 2.10. The normalized spacial score (nSPS) is 12.3. The zero-order valence-corrected chi connectivity index (χ0v) is 12.7. The Hall–Kier alpha value is -1.65. The smallest absolute Gasteiger partial charge is 0.248 e. The van der Waals surface area contributed by atoms with Crippen LogP contribution in [-0.2, 0) is 13.0 Å². The van der Waals surface area contributed by atoms with E-state index in [1.54, 1.807) is 6.07 Å². The lowest BCUT2D eigenvalue weighted by Gasteiger charge is -2.13. The summed E-state index contributed by atoms with van der Waals surface area (Å²) in [5.74, 6) is -0.381. The van der Waals surface area contributed by atoms with Crippen molar-refractivity contribution in [2.24, 2.45) is 5.73 Å². The van der Waals surface area contributed by atoms with Crippen molar-refractivity contribution < 1.29 is 4.79 Å². The molecule has 3 nitrogen and oxygen atoms in total. The number of nitrogens with two attached hydrogens (primary N) is 1. The zero-order valence-electron chi connectivity index (χ0n) is 11.8. The van der Waals surface area contributed by atoms with Gasteiger partial charge in [0.2, 0.25) is 5.91 Å². The maximum absolute atomic E-state index is 11.1. The van der Waals surface area contributed by atoms with E-state index in [0.717, 1.165) is 18.5 Å². The van der Waals surface area contributed by atoms with Crippen LogP contribution in [0.3, 0.4) is 0 Å². The van der Waals surface area contributed by atoms with E-state index in [0.29, 0.717) is 11.6 Å². The van der Waals surface area contributed by atoms with Crippen LogP contribution in [0, 0.1) is 6.92 Å². The number of carbonyl (C=O) groups excluding carboxylic acids is 1. The van der Waals surface area contributed by atoms with Gasteiger partial charge in [0.15, 0.2) is 0 Å². The summed E-state index contributed by atoms with van der Waals surface area (Å²) in [6.45, 7) is 5.04. The van der Waals surface area contributed by atoms with Crippen molar-refractivity contribution in [3.63, 3.8) is 0 Å². The average molecular weight is 288 g/mol. The van der Waals surface area contributed by atoms with Crippen LogP contribution < -0.4 is 11.1 Å². The number of rotatable bonds is 6. The van der Waals surface area contributed by atoms with Gasteiger partial charge in [-0.05, 0) is 50.1 Å². The summed E-state index contributed by atoms with van der Waals surface area (Å²) in [4.78, 5) is 13.9. The van der Waals surface area contributed by atoms with E-state index < -0.39 is 0 Å². The van der Waals surface area contributed by atoms with E-state index >= 15 is 0 Å². The zero-order chi connectivity index (χ0) is 14.5. The Morgan fingerprint density at radius 3 is 2.80 bits per heavy atom. The first kappa shape index (κ1) is 14.8. The monoisotopic (exact) mass is 288 g/mol. The molecule has 0 aliphatic rings. The van der Waals surface area contributed by atoms with Crippen molar-refractivity contribution in [1.82, 2.24) is 5.32 Å². The van der Waals surface area contributed by atoms with Gasteiger partial charge in [0.25, 0.3) is 0 Å². The van der Waals surface area contributed by atoms with Gasteiger partial charge in [0.05, 0.1) is 0 Å². The van der Waals surface area contributed by atoms with Gasteiger partial charge in [0.1, 0.15) is 0 Å². The molecule has 3 N–H and O–H groups in total. The lowest BCUT2D eigenvalue weighted by molar-refractivity contribution is 0.1000.